The molecule has 1 rings (SSSR count). The minimum Gasteiger partial charge on any atom is -0.467 e. The van der Waals surface area contributed by atoms with Crippen LogP contribution in [-0.4, -0.2) is 47.3 Å². The van der Waals surface area contributed by atoms with E-state index in [1.807, 2.05) is 6.92 Å². The van der Waals surface area contributed by atoms with E-state index in [-0.39, 0.29) is 18.2 Å². The second-order valence-electron chi connectivity index (χ2n) is 5.29. The molecule has 0 aliphatic heterocycles. The van der Waals surface area contributed by atoms with Crippen LogP contribution in [0.2, 0.25) is 0 Å². The van der Waals surface area contributed by atoms with Gasteiger partial charge in [0.25, 0.3) is 5.91 Å². The summed E-state index contributed by atoms with van der Waals surface area (Å²) in [7, 11) is 2.98. The van der Waals surface area contributed by atoms with E-state index in [0.29, 0.717) is 0 Å². The normalized spacial score (nSPS) is 11.9. The average Bonchev–Trinajstić information content (AvgIpc) is 2.80. The van der Waals surface area contributed by atoms with Crippen LogP contribution in [0, 0.1) is 12.8 Å². The summed E-state index contributed by atoms with van der Waals surface area (Å²) in [5, 5.41) is 9.02. The Morgan fingerprint density at radius 2 is 2.00 bits per heavy atom. The highest BCUT2D eigenvalue weighted by atomic mass is 16.5. The number of carbonyl (C=O) groups is 3. The van der Waals surface area contributed by atoms with Crippen molar-refractivity contribution in [3.05, 3.63) is 17.5 Å². The van der Waals surface area contributed by atoms with Gasteiger partial charge in [0.2, 0.25) is 5.91 Å². The molecule has 22 heavy (non-hydrogen) atoms. The zero-order valence-corrected chi connectivity index (χ0v) is 13.5. The van der Waals surface area contributed by atoms with Crippen molar-refractivity contribution in [3.63, 3.8) is 0 Å². The number of aromatic nitrogens is 2. The molecular formula is C14H22N4O4. The summed E-state index contributed by atoms with van der Waals surface area (Å²) in [4.78, 5) is 35.2. The number of hydrogen-bond acceptors (Lipinski definition) is 5. The summed E-state index contributed by atoms with van der Waals surface area (Å²) < 4.78 is 6.20. The zero-order valence-electron chi connectivity index (χ0n) is 13.5. The number of nitrogens with one attached hydrogen (secondary N) is 2. The van der Waals surface area contributed by atoms with Gasteiger partial charge < -0.3 is 15.4 Å². The van der Waals surface area contributed by atoms with Gasteiger partial charge in [-0.15, -0.1) is 0 Å². The summed E-state index contributed by atoms with van der Waals surface area (Å²) in [6.45, 7) is 5.16. The van der Waals surface area contributed by atoms with Crippen LogP contribution in [0.25, 0.3) is 0 Å². The Kier molecular flexibility index (Phi) is 6.09. The van der Waals surface area contributed by atoms with Gasteiger partial charge in [-0.05, 0) is 18.9 Å². The van der Waals surface area contributed by atoms with Crippen LogP contribution >= 0.6 is 0 Å². The lowest BCUT2D eigenvalue weighted by Gasteiger charge is -2.19. The molecule has 0 spiro atoms. The van der Waals surface area contributed by atoms with Crippen LogP contribution in [0.4, 0.5) is 0 Å². The minimum atomic E-state index is -0.744. The monoisotopic (exact) mass is 310 g/mol. The fourth-order valence-electron chi connectivity index (χ4n) is 1.77. The van der Waals surface area contributed by atoms with Crippen molar-refractivity contribution in [2.24, 2.45) is 13.0 Å². The smallest absolute Gasteiger partial charge is 0.328 e. The highest BCUT2D eigenvalue weighted by molar-refractivity contribution is 5.95. The first-order chi connectivity index (χ1) is 10.3. The van der Waals surface area contributed by atoms with Crippen molar-refractivity contribution in [1.29, 1.82) is 0 Å². The largest absolute Gasteiger partial charge is 0.467 e. The lowest BCUT2D eigenvalue weighted by molar-refractivity contribution is -0.146. The SMILES string of the molecule is COC(=O)C(NC(=O)CNC(=O)c1cc(C)n(C)n1)C(C)C. The summed E-state index contributed by atoms with van der Waals surface area (Å²) >= 11 is 0. The Bertz CT molecular complexity index is 546. The number of carbonyl (C=O) groups excluding carboxylic acids is 3. The highest BCUT2D eigenvalue weighted by Gasteiger charge is 2.25. The van der Waals surface area contributed by atoms with Gasteiger partial charge in [0.05, 0.1) is 13.7 Å². The Morgan fingerprint density at radius 1 is 1.36 bits per heavy atom. The maximum atomic E-state index is 11.9. The van der Waals surface area contributed by atoms with Crippen LogP contribution in [0.15, 0.2) is 6.07 Å². The van der Waals surface area contributed by atoms with Gasteiger partial charge in [-0.1, -0.05) is 13.8 Å². The first-order valence-corrected chi connectivity index (χ1v) is 6.92. The fourth-order valence-corrected chi connectivity index (χ4v) is 1.77. The molecule has 1 atom stereocenters. The highest BCUT2D eigenvalue weighted by Crippen LogP contribution is 2.03. The Morgan fingerprint density at radius 3 is 2.45 bits per heavy atom. The summed E-state index contributed by atoms with van der Waals surface area (Å²) in [6.07, 6.45) is 0. The molecule has 2 amide bonds. The van der Waals surface area contributed by atoms with Gasteiger partial charge in [0.15, 0.2) is 0 Å². The maximum absolute atomic E-state index is 11.9. The quantitative estimate of drug-likeness (QED) is 0.707. The first-order valence-electron chi connectivity index (χ1n) is 6.92. The van der Waals surface area contributed by atoms with Crippen molar-refractivity contribution < 1.29 is 19.1 Å². The topological polar surface area (TPSA) is 102 Å². The van der Waals surface area contributed by atoms with E-state index in [2.05, 4.69) is 20.5 Å². The van der Waals surface area contributed by atoms with Gasteiger partial charge in [0, 0.05) is 12.7 Å². The second kappa shape index (κ2) is 7.58. The molecule has 0 bridgehead atoms. The molecule has 0 aliphatic carbocycles. The van der Waals surface area contributed by atoms with Gasteiger partial charge >= 0.3 is 5.97 Å². The molecule has 8 nitrogen and oxygen atoms in total. The Labute approximate surface area is 129 Å². The number of hydrogen-bond donors (Lipinski definition) is 2. The predicted molar refractivity (Wildman–Crippen MR) is 79.1 cm³/mol. The van der Waals surface area contributed by atoms with Gasteiger partial charge in [-0.25, -0.2) is 4.79 Å². The van der Waals surface area contributed by atoms with Gasteiger partial charge in [0.1, 0.15) is 11.7 Å². The third-order valence-corrected chi connectivity index (χ3v) is 3.19. The van der Waals surface area contributed by atoms with Crippen LogP contribution in [-0.2, 0) is 21.4 Å². The second-order valence-corrected chi connectivity index (χ2v) is 5.29. The number of rotatable bonds is 6. The molecule has 0 aliphatic rings. The van der Waals surface area contributed by atoms with E-state index >= 15 is 0 Å². The molecule has 1 aromatic heterocycles. The molecule has 1 aromatic rings. The number of aryl methyl sites for hydroxylation is 2. The van der Waals surface area contributed by atoms with Crippen LogP contribution < -0.4 is 10.6 Å². The number of ether oxygens (including phenoxy) is 1. The molecule has 0 fully saturated rings. The minimum absolute atomic E-state index is 0.120. The van der Waals surface area contributed by atoms with Crippen LogP contribution in [0.3, 0.4) is 0 Å². The zero-order chi connectivity index (χ0) is 16.9. The summed E-state index contributed by atoms with van der Waals surface area (Å²) in [5.41, 5.74) is 1.07. The van der Waals surface area contributed by atoms with Gasteiger partial charge in [-0.3, -0.25) is 14.3 Å². The molecule has 0 aromatic carbocycles. The van der Waals surface area contributed by atoms with Crippen LogP contribution in [0.1, 0.15) is 30.0 Å². The first kappa shape index (κ1) is 17.7. The van der Waals surface area contributed by atoms with E-state index < -0.39 is 23.8 Å². The number of esters is 1. The van der Waals surface area contributed by atoms with E-state index in [1.165, 1.54) is 7.11 Å². The van der Waals surface area contributed by atoms with Crippen molar-refractivity contribution in [3.8, 4) is 0 Å². The average molecular weight is 310 g/mol. The third kappa shape index (κ3) is 4.57. The van der Waals surface area contributed by atoms with E-state index in [1.54, 1.807) is 31.6 Å². The van der Waals surface area contributed by atoms with Gasteiger partial charge in [-0.2, -0.15) is 5.10 Å². The molecular weight excluding hydrogens is 288 g/mol. The number of amides is 2. The van der Waals surface area contributed by atoms with Crippen molar-refractivity contribution in [2.75, 3.05) is 13.7 Å². The van der Waals surface area contributed by atoms with E-state index in [4.69, 9.17) is 0 Å². The molecule has 1 unspecified atom stereocenters. The fraction of sp³-hybridized carbons (Fsp3) is 0.571. The third-order valence-electron chi connectivity index (χ3n) is 3.19. The van der Waals surface area contributed by atoms with Crippen LogP contribution in [0.5, 0.6) is 0 Å². The lowest BCUT2D eigenvalue weighted by Crippen LogP contribution is -2.48. The molecule has 1 heterocycles. The maximum Gasteiger partial charge on any atom is 0.328 e. The molecule has 2 N–H and O–H groups in total. The molecule has 0 saturated carbocycles. The summed E-state index contributed by atoms with van der Waals surface area (Å²) in [5.74, 6) is -1.55. The number of methoxy groups -OCH3 is 1. The predicted octanol–water partition coefficient (Wildman–Crippen LogP) is -0.228. The van der Waals surface area contributed by atoms with Crippen molar-refractivity contribution in [2.45, 2.75) is 26.8 Å². The molecule has 0 saturated heterocycles. The number of nitrogens with zero attached hydrogens (tertiary/aromatic N) is 2. The molecule has 0 radical (unpaired) electrons. The lowest BCUT2D eigenvalue weighted by atomic mass is 10.0. The molecule has 122 valence electrons. The van der Waals surface area contributed by atoms with Crippen molar-refractivity contribution in [1.82, 2.24) is 20.4 Å². The summed E-state index contributed by atoms with van der Waals surface area (Å²) in [6, 6.07) is 0.880. The van der Waals surface area contributed by atoms with E-state index in [0.717, 1.165) is 5.69 Å². The molecule has 8 heteroatoms. The Balaban J connectivity index is 2.54. The van der Waals surface area contributed by atoms with E-state index in [9.17, 15) is 14.4 Å². The Hall–Kier alpha value is -2.38. The van der Waals surface area contributed by atoms with Crippen molar-refractivity contribution >= 4 is 17.8 Å². The standard InChI is InChI=1S/C14H22N4O4/c1-8(2)12(14(21)22-5)16-11(19)7-15-13(20)10-6-9(3)18(4)17-10/h6,8,12H,7H2,1-5H3,(H,15,20)(H,16,19).